The molecule has 0 saturated heterocycles. The maximum Gasteiger partial charge on any atom is 0.490 e. The fraction of sp³-hybridized carbons (Fsp3) is 0.348. The van der Waals surface area contributed by atoms with Crippen LogP contribution in [0.4, 0.5) is 30.7 Å². The maximum absolute atomic E-state index is 13.2. The van der Waals surface area contributed by atoms with Crippen LogP contribution in [0.1, 0.15) is 23.6 Å². The predicted octanol–water partition coefficient (Wildman–Crippen LogP) is 6.54. The Bertz CT molecular complexity index is 900. The molecule has 0 aliphatic carbocycles. The first-order valence-electron chi connectivity index (χ1n) is 9.62. The summed E-state index contributed by atoms with van der Waals surface area (Å²) in [5, 5.41) is 0. The molecule has 0 unspecified atom stereocenters. The highest BCUT2D eigenvalue weighted by atomic mass is 19.4. The van der Waals surface area contributed by atoms with Crippen molar-refractivity contribution in [3.8, 4) is 0 Å². The lowest BCUT2D eigenvalue weighted by molar-refractivity contribution is -0.206. The summed E-state index contributed by atoms with van der Waals surface area (Å²) < 4.78 is 94.2. The largest absolute Gasteiger partial charge is 0.490 e. The van der Waals surface area contributed by atoms with E-state index < -0.39 is 47.6 Å². The lowest BCUT2D eigenvalue weighted by atomic mass is 9.79. The van der Waals surface area contributed by atoms with E-state index in [0.29, 0.717) is 11.1 Å². The van der Waals surface area contributed by atoms with Crippen LogP contribution in [0.2, 0.25) is 0 Å². The van der Waals surface area contributed by atoms with Crippen molar-refractivity contribution in [2.24, 2.45) is 11.8 Å². The van der Waals surface area contributed by atoms with Crippen molar-refractivity contribution >= 4 is 5.97 Å². The van der Waals surface area contributed by atoms with Crippen LogP contribution >= 0.6 is 0 Å². The number of carbonyl (C=O) groups is 1. The Balaban J connectivity index is 2.28. The Labute approximate surface area is 180 Å². The van der Waals surface area contributed by atoms with Crippen molar-refractivity contribution < 1.29 is 40.3 Å². The van der Waals surface area contributed by atoms with E-state index in [-0.39, 0.29) is 12.8 Å². The quantitative estimate of drug-likeness (QED) is 0.253. The van der Waals surface area contributed by atoms with Crippen LogP contribution in [0.5, 0.6) is 0 Å². The third-order valence-corrected chi connectivity index (χ3v) is 5.12. The molecule has 0 spiro atoms. The van der Waals surface area contributed by atoms with Crippen molar-refractivity contribution in [3.63, 3.8) is 0 Å². The Hall–Kier alpha value is -2.84. The summed E-state index contributed by atoms with van der Waals surface area (Å²) in [6, 6.07) is 9.68. The topological polar surface area (TPSA) is 26.3 Å². The van der Waals surface area contributed by atoms with Crippen LogP contribution in [0, 0.1) is 17.7 Å². The third kappa shape index (κ3) is 7.10. The second-order valence-corrected chi connectivity index (χ2v) is 7.40. The highest BCUT2D eigenvalue weighted by molar-refractivity contribution is 5.75. The van der Waals surface area contributed by atoms with Gasteiger partial charge in [-0.3, -0.25) is 0 Å². The van der Waals surface area contributed by atoms with E-state index in [1.165, 1.54) is 49.4 Å². The maximum atomic E-state index is 13.2. The molecule has 0 radical (unpaired) electrons. The van der Waals surface area contributed by atoms with Crippen molar-refractivity contribution in [2.75, 3.05) is 0 Å². The standard InChI is InChI=1S/C23H21F7O2/c1-3-17(12-15-4-8-18(9-5-15)22(25,26)27)20(13-16-6-10-19(24)11-7-16)14(2)32-21(31)23(28,29)30/h3-11,14,17,20H,1,12-13H2,2H3/t14-,17+,20-/m0/s1. The summed E-state index contributed by atoms with van der Waals surface area (Å²) in [7, 11) is 0. The summed E-state index contributed by atoms with van der Waals surface area (Å²) in [6.45, 7) is 5.00. The molecule has 0 fully saturated rings. The van der Waals surface area contributed by atoms with E-state index in [1.807, 2.05) is 0 Å². The molecule has 0 heterocycles. The van der Waals surface area contributed by atoms with Gasteiger partial charge < -0.3 is 4.74 Å². The van der Waals surface area contributed by atoms with Gasteiger partial charge in [0.1, 0.15) is 11.9 Å². The first-order chi connectivity index (χ1) is 14.8. The molecule has 2 aromatic carbocycles. The third-order valence-electron chi connectivity index (χ3n) is 5.12. The lowest BCUT2D eigenvalue weighted by Crippen LogP contribution is -2.36. The van der Waals surface area contributed by atoms with Crippen LogP contribution in [0.25, 0.3) is 0 Å². The molecule has 0 aromatic heterocycles. The molecule has 0 N–H and O–H groups in total. The molecule has 0 aliphatic rings. The number of benzene rings is 2. The highest BCUT2D eigenvalue weighted by Gasteiger charge is 2.43. The van der Waals surface area contributed by atoms with E-state index in [2.05, 4.69) is 11.3 Å². The Morgan fingerprint density at radius 1 is 0.938 bits per heavy atom. The Kier molecular flexibility index (Phi) is 8.09. The summed E-state index contributed by atoms with van der Waals surface area (Å²) in [6.07, 6.45) is -9.13. The molecular weight excluding hydrogens is 441 g/mol. The van der Waals surface area contributed by atoms with Gasteiger partial charge in [0.15, 0.2) is 0 Å². The van der Waals surface area contributed by atoms with Crippen LogP contribution in [-0.4, -0.2) is 18.2 Å². The monoisotopic (exact) mass is 462 g/mol. The van der Waals surface area contributed by atoms with Crippen LogP contribution in [0.15, 0.2) is 61.2 Å². The fourth-order valence-electron chi connectivity index (χ4n) is 3.39. The van der Waals surface area contributed by atoms with E-state index in [9.17, 15) is 35.5 Å². The van der Waals surface area contributed by atoms with Crippen molar-refractivity contribution in [1.29, 1.82) is 0 Å². The van der Waals surface area contributed by atoms with Crippen molar-refractivity contribution in [3.05, 3.63) is 83.7 Å². The van der Waals surface area contributed by atoms with Gasteiger partial charge in [0.25, 0.3) is 0 Å². The van der Waals surface area contributed by atoms with Crippen LogP contribution < -0.4 is 0 Å². The molecule has 2 aromatic rings. The molecule has 9 heteroatoms. The normalized spacial score (nSPS) is 15.0. The molecule has 0 saturated carbocycles. The number of rotatable bonds is 8. The number of allylic oxidation sites excluding steroid dienone is 1. The zero-order chi connectivity index (χ0) is 24.1. The van der Waals surface area contributed by atoms with Gasteiger partial charge in [0, 0.05) is 5.92 Å². The molecule has 3 atom stereocenters. The van der Waals surface area contributed by atoms with Gasteiger partial charge in [-0.15, -0.1) is 6.58 Å². The lowest BCUT2D eigenvalue weighted by Gasteiger charge is -2.30. The zero-order valence-corrected chi connectivity index (χ0v) is 17.0. The highest BCUT2D eigenvalue weighted by Crippen LogP contribution is 2.32. The van der Waals surface area contributed by atoms with Gasteiger partial charge in [-0.05, 0) is 61.1 Å². The average Bonchev–Trinajstić information content (AvgIpc) is 2.70. The Morgan fingerprint density at radius 2 is 1.44 bits per heavy atom. The summed E-state index contributed by atoms with van der Waals surface area (Å²) in [5.41, 5.74) is 0.263. The smallest absolute Gasteiger partial charge is 0.456 e. The molecule has 174 valence electrons. The summed E-state index contributed by atoms with van der Waals surface area (Å²) in [4.78, 5) is 11.3. The average molecular weight is 462 g/mol. The van der Waals surface area contributed by atoms with Gasteiger partial charge in [-0.2, -0.15) is 26.3 Å². The van der Waals surface area contributed by atoms with Crippen molar-refractivity contribution in [2.45, 2.75) is 38.2 Å². The number of alkyl halides is 6. The van der Waals surface area contributed by atoms with Crippen LogP contribution in [-0.2, 0) is 28.5 Å². The SMILES string of the molecule is C=C[C@H](Cc1ccc(C(F)(F)F)cc1)[C@@H](Cc1ccc(F)cc1)[C@H](C)OC(=O)C(F)(F)F. The van der Waals surface area contributed by atoms with Gasteiger partial charge in [-0.1, -0.05) is 30.3 Å². The zero-order valence-electron chi connectivity index (χ0n) is 17.0. The number of ether oxygens (including phenoxy) is 1. The minimum atomic E-state index is -5.17. The minimum Gasteiger partial charge on any atom is -0.456 e. The van der Waals surface area contributed by atoms with E-state index in [1.54, 1.807) is 0 Å². The number of halogens is 7. The molecule has 2 nitrogen and oxygen atoms in total. The second kappa shape index (κ2) is 10.2. The van der Waals surface area contributed by atoms with E-state index in [0.717, 1.165) is 12.1 Å². The van der Waals surface area contributed by atoms with E-state index in [4.69, 9.17) is 0 Å². The summed E-state index contributed by atoms with van der Waals surface area (Å²) in [5.74, 6) is -4.09. The van der Waals surface area contributed by atoms with Gasteiger partial charge in [-0.25, -0.2) is 9.18 Å². The van der Waals surface area contributed by atoms with Gasteiger partial charge in [0.2, 0.25) is 0 Å². The Morgan fingerprint density at radius 3 is 1.91 bits per heavy atom. The second-order valence-electron chi connectivity index (χ2n) is 7.40. The molecule has 0 aliphatic heterocycles. The van der Waals surface area contributed by atoms with Crippen LogP contribution in [0.3, 0.4) is 0 Å². The molecule has 0 bridgehead atoms. The minimum absolute atomic E-state index is 0.129. The molecule has 32 heavy (non-hydrogen) atoms. The summed E-state index contributed by atoms with van der Waals surface area (Å²) >= 11 is 0. The van der Waals surface area contributed by atoms with E-state index >= 15 is 0 Å². The molecule has 2 rings (SSSR count). The number of hydrogen-bond donors (Lipinski definition) is 0. The first-order valence-corrected chi connectivity index (χ1v) is 9.62. The van der Waals surface area contributed by atoms with Gasteiger partial charge >= 0.3 is 18.3 Å². The number of esters is 1. The molecule has 0 amide bonds. The number of carbonyl (C=O) groups excluding carboxylic acids is 1. The number of hydrogen-bond acceptors (Lipinski definition) is 2. The van der Waals surface area contributed by atoms with Crippen molar-refractivity contribution in [1.82, 2.24) is 0 Å². The van der Waals surface area contributed by atoms with Gasteiger partial charge in [0.05, 0.1) is 5.56 Å². The fourth-order valence-corrected chi connectivity index (χ4v) is 3.39. The predicted molar refractivity (Wildman–Crippen MR) is 104 cm³/mol. The first kappa shape index (κ1) is 25.4. The molecular formula is C23H21F7O2.